The van der Waals surface area contributed by atoms with E-state index in [0.29, 0.717) is 31.5 Å². The van der Waals surface area contributed by atoms with E-state index in [1.54, 1.807) is 29.3 Å². The number of carbonyl (C=O) groups is 2. The van der Waals surface area contributed by atoms with Crippen LogP contribution < -0.4 is 4.74 Å². The molecule has 4 rings (SSSR count). The van der Waals surface area contributed by atoms with Crippen molar-refractivity contribution in [3.8, 4) is 6.01 Å². The van der Waals surface area contributed by atoms with Crippen LogP contribution in [0.25, 0.3) is 0 Å². The van der Waals surface area contributed by atoms with Gasteiger partial charge in [-0.2, -0.15) is 5.10 Å². The Hall–Kier alpha value is -2.97. The molecule has 0 aromatic carbocycles. The number of amides is 2. The fraction of sp³-hybridized carbons (Fsp3) is 0.571. The first-order valence-electron chi connectivity index (χ1n) is 10.5. The molecule has 2 fully saturated rings. The zero-order valence-corrected chi connectivity index (χ0v) is 17.3. The minimum Gasteiger partial charge on any atom is -0.463 e. The number of carbonyl (C=O) groups excluding carboxylic acids is 2. The van der Waals surface area contributed by atoms with E-state index in [1.807, 2.05) is 22.9 Å². The van der Waals surface area contributed by atoms with Crippen molar-refractivity contribution in [1.82, 2.24) is 29.5 Å². The molecule has 2 aromatic heterocycles. The van der Waals surface area contributed by atoms with Gasteiger partial charge in [0.05, 0.1) is 12.8 Å². The van der Waals surface area contributed by atoms with E-state index in [4.69, 9.17) is 4.74 Å². The Labute approximate surface area is 176 Å². The molecule has 2 amide bonds. The highest BCUT2D eigenvalue weighted by atomic mass is 16.5. The molecule has 2 aromatic rings. The predicted molar refractivity (Wildman–Crippen MR) is 108 cm³/mol. The third-order valence-electron chi connectivity index (χ3n) is 5.79. The Morgan fingerprint density at radius 3 is 2.67 bits per heavy atom. The summed E-state index contributed by atoms with van der Waals surface area (Å²) in [6.07, 6.45) is 9.28. The summed E-state index contributed by atoms with van der Waals surface area (Å²) in [6, 6.07) is 2.09. The Bertz CT molecular complexity index is 863. The van der Waals surface area contributed by atoms with Gasteiger partial charge in [0.15, 0.2) is 0 Å². The van der Waals surface area contributed by atoms with Crippen LogP contribution in [0.1, 0.15) is 24.8 Å². The van der Waals surface area contributed by atoms with Crippen molar-refractivity contribution in [3.63, 3.8) is 0 Å². The standard InChI is InChI=1S/C21H28N6O3/c1-16-10-24-27(11-16)14-20(29)25-7-3-17(4-8-25)12-26-13-18(9-19(26)28)15-30-21-22-5-2-6-23-21/h2,5-6,10-11,17-18H,3-4,7-9,12-15H2,1H3. The van der Waals surface area contributed by atoms with Crippen LogP contribution >= 0.6 is 0 Å². The average Bonchev–Trinajstić information content (AvgIpc) is 3.32. The number of ether oxygens (including phenoxy) is 1. The number of aromatic nitrogens is 4. The second-order valence-electron chi connectivity index (χ2n) is 8.25. The van der Waals surface area contributed by atoms with Gasteiger partial charge in [-0.25, -0.2) is 9.97 Å². The van der Waals surface area contributed by atoms with Crippen LogP contribution in [-0.4, -0.2) is 74.1 Å². The summed E-state index contributed by atoms with van der Waals surface area (Å²) in [5.41, 5.74) is 1.05. The number of nitrogens with zero attached hydrogens (tertiary/aromatic N) is 6. The quantitative estimate of drug-likeness (QED) is 0.677. The molecule has 0 saturated carbocycles. The van der Waals surface area contributed by atoms with Crippen molar-refractivity contribution < 1.29 is 14.3 Å². The van der Waals surface area contributed by atoms with Crippen LogP contribution in [0.3, 0.4) is 0 Å². The molecular weight excluding hydrogens is 384 g/mol. The molecule has 2 aliphatic heterocycles. The molecule has 160 valence electrons. The molecule has 1 unspecified atom stereocenters. The van der Waals surface area contributed by atoms with E-state index in [0.717, 1.165) is 38.0 Å². The summed E-state index contributed by atoms with van der Waals surface area (Å²) in [7, 11) is 0. The lowest BCUT2D eigenvalue weighted by Gasteiger charge is -2.34. The van der Waals surface area contributed by atoms with E-state index in [-0.39, 0.29) is 24.3 Å². The fourth-order valence-electron chi connectivity index (χ4n) is 4.16. The smallest absolute Gasteiger partial charge is 0.316 e. The number of likely N-dealkylation sites (tertiary alicyclic amines) is 2. The van der Waals surface area contributed by atoms with Gasteiger partial charge < -0.3 is 14.5 Å². The molecule has 30 heavy (non-hydrogen) atoms. The number of aryl methyl sites for hydroxylation is 1. The van der Waals surface area contributed by atoms with Crippen LogP contribution in [0, 0.1) is 18.8 Å². The topological polar surface area (TPSA) is 93.5 Å². The van der Waals surface area contributed by atoms with Crippen molar-refractivity contribution in [1.29, 1.82) is 0 Å². The molecule has 0 spiro atoms. The molecular formula is C21H28N6O3. The van der Waals surface area contributed by atoms with E-state index < -0.39 is 0 Å². The van der Waals surface area contributed by atoms with Gasteiger partial charge >= 0.3 is 6.01 Å². The second-order valence-corrected chi connectivity index (χ2v) is 8.25. The molecule has 0 N–H and O–H groups in total. The van der Waals surface area contributed by atoms with Gasteiger partial charge in [0, 0.05) is 57.1 Å². The molecule has 0 bridgehead atoms. The van der Waals surface area contributed by atoms with Crippen LogP contribution in [0.5, 0.6) is 6.01 Å². The minimum atomic E-state index is 0.106. The normalized spacial score (nSPS) is 20.0. The van der Waals surface area contributed by atoms with Gasteiger partial charge in [-0.05, 0) is 37.3 Å². The van der Waals surface area contributed by atoms with Crippen LogP contribution in [0.4, 0.5) is 0 Å². The first-order valence-corrected chi connectivity index (χ1v) is 10.5. The molecule has 2 saturated heterocycles. The summed E-state index contributed by atoms with van der Waals surface area (Å²) in [4.78, 5) is 36.9. The first kappa shape index (κ1) is 20.3. The molecule has 4 heterocycles. The second kappa shape index (κ2) is 9.23. The van der Waals surface area contributed by atoms with Crippen LogP contribution in [-0.2, 0) is 16.1 Å². The van der Waals surface area contributed by atoms with Crippen molar-refractivity contribution in [2.75, 3.05) is 32.8 Å². The maximum absolute atomic E-state index is 12.5. The highest BCUT2D eigenvalue weighted by Crippen LogP contribution is 2.24. The zero-order valence-electron chi connectivity index (χ0n) is 17.3. The molecule has 1 atom stereocenters. The van der Waals surface area contributed by atoms with Gasteiger partial charge in [0.2, 0.25) is 11.8 Å². The zero-order chi connectivity index (χ0) is 20.9. The lowest BCUT2D eigenvalue weighted by atomic mass is 9.96. The van der Waals surface area contributed by atoms with E-state index in [9.17, 15) is 9.59 Å². The van der Waals surface area contributed by atoms with Gasteiger partial charge in [-0.15, -0.1) is 0 Å². The highest BCUT2D eigenvalue weighted by Gasteiger charge is 2.33. The van der Waals surface area contributed by atoms with Crippen LogP contribution in [0.15, 0.2) is 30.9 Å². The Morgan fingerprint density at radius 1 is 1.20 bits per heavy atom. The molecule has 2 aliphatic rings. The van der Waals surface area contributed by atoms with E-state index in [2.05, 4.69) is 15.1 Å². The minimum absolute atomic E-state index is 0.106. The van der Waals surface area contributed by atoms with E-state index in [1.165, 1.54) is 0 Å². The Morgan fingerprint density at radius 2 is 1.97 bits per heavy atom. The van der Waals surface area contributed by atoms with Crippen molar-refractivity contribution in [2.45, 2.75) is 32.7 Å². The summed E-state index contributed by atoms with van der Waals surface area (Å²) < 4.78 is 7.30. The third kappa shape index (κ3) is 5.14. The lowest BCUT2D eigenvalue weighted by molar-refractivity contribution is -0.134. The lowest BCUT2D eigenvalue weighted by Crippen LogP contribution is -2.43. The first-order chi connectivity index (χ1) is 14.6. The Kier molecular flexibility index (Phi) is 6.25. The number of piperidine rings is 1. The highest BCUT2D eigenvalue weighted by molar-refractivity contribution is 5.78. The SMILES string of the molecule is Cc1cnn(CC(=O)N2CCC(CN3CC(COc4ncccn4)CC3=O)CC2)c1. The van der Waals surface area contributed by atoms with Crippen molar-refractivity contribution in [3.05, 3.63) is 36.4 Å². The molecule has 9 heteroatoms. The van der Waals surface area contributed by atoms with Gasteiger partial charge in [-0.3, -0.25) is 14.3 Å². The molecule has 0 radical (unpaired) electrons. The average molecular weight is 412 g/mol. The molecule has 9 nitrogen and oxygen atoms in total. The maximum Gasteiger partial charge on any atom is 0.316 e. The fourth-order valence-corrected chi connectivity index (χ4v) is 4.16. The number of hydrogen-bond acceptors (Lipinski definition) is 6. The molecule has 0 aliphatic carbocycles. The number of rotatable bonds is 7. The number of hydrogen-bond donors (Lipinski definition) is 0. The van der Waals surface area contributed by atoms with Crippen molar-refractivity contribution >= 4 is 11.8 Å². The third-order valence-corrected chi connectivity index (χ3v) is 5.79. The summed E-state index contributed by atoms with van der Waals surface area (Å²) in [5.74, 6) is 0.891. The van der Waals surface area contributed by atoms with Crippen molar-refractivity contribution in [2.24, 2.45) is 11.8 Å². The largest absolute Gasteiger partial charge is 0.463 e. The summed E-state index contributed by atoms with van der Waals surface area (Å²) >= 11 is 0. The summed E-state index contributed by atoms with van der Waals surface area (Å²) in [5, 5.41) is 4.19. The maximum atomic E-state index is 12.5. The Balaban J connectivity index is 1.19. The van der Waals surface area contributed by atoms with Gasteiger partial charge in [0.1, 0.15) is 6.54 Å². The predicted octanol–water partition coefficient (Wildman–Crippen LogP) is 1.15. The monoisotopic (exact) mass is 412 g/mol. The summed E-state index contributed by atoms with van der Waals surface area (Å²) in [6.45, 7) is 5.65. The van der Waals surface area contributed by atoms with Crippen LogP contribution in [0.2, 0.25) is 0 Å². The van der Waals surface area contributed by atoms with Gasteiger partial charge in [0.25, 0.3) is 0 Å². The van der Waals surface area contributed by atoms with E-state index >= 15 is 0 Å². The van der Waals surface area contributed by atoms with Gasteiger partial charge in [-0.1, -0.05) is 0 Å².